The van der Waals surface area contributed by atoms with E-state index in [-0.39, 0.29) is 29.0 Å². The van der Waals surface area contributed by atoms with Crippen molar-refractivity contribution in [3.63, 3.8) is 0 Å². The fourth-order valence-corrected chi connectivity index (χ4v) is 4.19. The van der Waals surface area contributed by atoms with Gasteiger partial charge in [-0.05, 0) is 54.3 Å². The lowest BCUT2D eigenvalue weighted by molar-refractivity contribution is -0.187. The van der Waals surface area contributed by atoms with E-state index in [0.717, 1.165) is 18.2 Å². The molecule has 0 radical (unpaired) electrons. The minimum Gasteiger partial charge on any atom is -0.491 e. The summed E-state index contributed by atoms with van der Waals surface area (Å²) in [7, 11) is 0. The molecule has 2 nitrogen and oxygen atoms in total. The number of rotatable bonds is 7. The summed E-state index contributed by atoms with van der Waals surface area (Å²) >= 11 is 0. The maximum absolute atomic E-state index is 15.2. The van der Waals surface area contributed by atoms with E-state index in [1.165, 1.54) is 18.2 Å². The summed E-state index contributed by atoms with van der Waals surface area (Å²) in [5, 5.41) is 0. The van der Waals surface area contributed by atoms with Crippen LogP contribution >= 0.6 is 0 Å². The Balaban J connectivity index is 1.74. The van der Waals surface area contributed by atoms with Gasteiger partial charge < -0.3 is 9.47 Å². The maximum Gasteiger partial charge on any atom is 0.426 e. The highest BCUT2D eigenvalue weighted by molar-refractivity contribution is 5.76. The van der Waals surface area contributed by atoms with Crippen molar-refractivity contribution in [2.45, 2.75) is 45.1 Å². The molecule has 0 aromatic heterocycles. The first-order chi connectivity index (χ1) is 16.6. The summed E-state index contributed by atoms with van der Waals surface area (Å²) in [5.41, 5.74) is -2.48. The van der Waals surface area contributed by atoms with Crippen LogP contribution in [-0.2, 0) is 12.5 Å². The molecule has 4 rings (SSSR count). The zero-order chi connectivity index (χ0) is 25.5. The molecule has 0 saturated heterocycles. The van der Waals surface area contributed by atoms with Crippen LogP contribution in [0.15, 0.2) is 42.5 Å². The number of alkyl halides is 4. The number of hydrogen-bond donors (Lipinski definition) is 0. The van der Waals surface area contributed by atoms with Gasteiger partial charge in [-0.3, -0.25) is 0 Å². The van der Waals surface area contributed by atoms with Crippen molar-refractivity contribution in [1.29, 1.82) is 0 Å². The van der Waals surface area contributed by atoms with Crippen LogP contribution < -0.4 is 9.47 Å². The van der Waals surface area contributed by atoms with E-state index in [2.05, 4.69) is 4.74 Å². The van der Waals surface area contributed by atoms with Crippen LogP contribution in [-0.4, -0.2) is 6.61 Å². The molecule has 0 bridgehead atoms. The fourth-order valence-electron chi connectivity index (χ4n) is 4.19. The topological polar surface area (TPSA) is 18.5 Å². The van der Waals surface area contributed by atoms with Gasteiger partial charge >= 0.3 is 6.11 Å². The van der Waals surface area contributed by atoms with Gasteiger partial charge in [-0.15, -0.1) is 0 Å². The summed E-state index contributed by atoms with van der Waals surface area (Å²) in [6.45, 7) is 3.46. The molecule has 0 saturated carbocycles. The molecular weight excluding hydrogens is 477 g/mol. The molecule has 0 N–H and O–H groups in total. The van der Waals surface area contributed by atoms with Gasteiger partial charge in [-0.2, -0.15) is 8.78 Å². The van der Waals surface area contributed by atoms with E-state index in [9.17, 15) is 26.3 Å². The molecule has 0 amide bonds. The van der Waals surface area contributed by atoms with Gasteiger partial charge in [0.1, 0.15) is 5.82 Å². The van der Waals surface area contributed by atoms with Crippen molar-refractivity contribution in [3.8, 4) is 22.6 Å². The van der Waals surface area contributed by atoms with Gasteiger partial charge in [0.05, 0.1) is 12.2 Å². The van der Waals surface area contributed by atoms with E-state index in [4.69, 9.17) is 4.74 Å². The lowest BCUT2D eigenvalue weighted by atomic mass is 9.82. The molecule has 0 heterocycles. The van der Waals surface area contributed by atoms with Gasteiger partial charge in [0.25, 0.3) is 0 Å². The van der Waals surface area contributed by atoms with Crippen LogP contribution in [0.4, 0.5) is 30.7 Å². The zero-order valence-electron chi connectivity index (χ0n) is 18.8. The van der Waals surface area contributed by atoms with Crippen LogP contribution in [0.25, 0.3) is 11.1 Å². The van der Waals surface area contributed by atoms with Crippen LogP contribution in [0.1, 0.15) is 54.9 Å². The molecule has 2 atom stereocenters. The molecule has 1 aliphatic carbocycles. The van der Waals surface area contributed by atoms with Crippen molar-refractivity contribution < 1.29 is 40.2 Å². The molecule has 3 aromatic carbocycles. The molecule has 186 valence electrons. The predicted octanol–water partition coefficient (Wildman–Crippen LogP) is 8.29. The lowest BCUT2D eigenvalue weighted by Crippen LogP contribution is -2.24. The normalized spacial score (nSPS) is 17.1. The third-order valence-electron chi connectivity index (χ3n) is 5.83. The van der Waals surface area contributed by atoms with E-state index in [1.807, 2.05) is 0 Å². The Kier molecular flexibility index (Phi) is 6.71. The molecule has 1 aliphatic rings. The second-order valence-corrected chi connectivity index (χ2v) is 8.09. The molecule has 35 heavy (non-hydrogen) atoms. The Morgan fingerprint density at radius 2 is 1.37 bits per heavy atom. The average Bonchev–Trinajstić information content (AvgIpc) is 2.81. The molecule has 3 aromatic rings. The van der Waals surface area contributed by atoms with E-state index >= 15 is 4.39 Å². The van der Waals surface area contributed by atoms with Gasteiger partial charge in [0, 0.05) is 11.1 Å². The summed E-state index contributed by atoms with van der Waals surface area (Å²) in [5.74, 6) is -4.89. The fraction of sp³-hybridized carbons (Fsp3) is 0.308. The number of fused-ring (bicyclic) bond motifs is 3. The van der Waals surface area contributed by atoms with E-state index in [1.54, 1.807) is 13.8 Å². The number of benzene rings is 3. The first kappa shape index (κ1) is 24.9. The van der Waals surface area contributed by atoms with Crippen molar-refractivity contribution in [1.82, 2.24) is 0 Å². The number of aryl methyl sites for hydroxylation is 1. The predicted molar refractivity (Wildman–Crippen MR) is 116 cm³/mol. The first-order valence-electron chi connectivity index (χ1n) is 11.0. The highest BCUT2D eigenvalue weighted by Gasteiger charge is 2.42. The second-order valence-electron chi connectivity index (χ2n) is 8.09. The number of ether oxygens (including phenoxy) is 2. The first-order valence-corrected chi connectivity index (χ1v) is 11.0. The molecule has 0 spiro atoms. The molecule has 2 unspecified atom stereocenters. The quantitative estimate of drug-likeness (QED) is 0.305. The van der Waals surface area contributed by atoms with Gasteiger partial charge in [0.15, 0.2) is 35.5 Å². The van der Waals surface area contributed by atoms with Crippen molar-refractivity contribution in [2.24, 2.45) is 0 Å². The van der Waals surface area contributed by atoms with Crippen LogP contribution in [0.2, 0.25) is 0 Å². The highest BCUT2D eigenvalue weighted by atomic mass is 19.3. The molecule has 0 fully saturated rings. The Hall–Kier alpha value is -3.23. The van der Waals surface area contributed by atoms with Crippen LogP contribution in [0.5, 0.6) is 11.5 Å². The Morgan fingerprint density at radius 1 is 0.800 bits per heavy atom. The second kappa shape index (κ2) is 9.43. The smallest absolute Gasteiger partial charge is 0.426 e. The van der Waals surface area contributed by atoms with Crippen LogP contribution in [0, 0.1) is 17.5 Å². The van der Waals surface area contributed by atoms with Crippen molar-refractivity contribution in [3.05, 3.63) is 82.2 Å². The van der Waals surface area contributed by atoms with Crippen LogP contribution in [0.3, 0.4) is 0 Å². The van der Waals surface area contributed by atoms with E-state index < -0.39 is 58.3 Å². The Morgan fingerprint density at radius 3 is 1.91 bits per heavy atom. The number of halogens is 7. The van der Waals surface area contributed by atoms with Gasteiger partial charge in [-0.1, -0.05) is 31.5 Å². The third kappa shape index (κ3) is 4.32. The molecule has 0 aliphatic heterocycles. The lowest BCUT2D eigenvalue weighted by Gasteiger charge is -2.29. The third-order valence-corrected chi connectivity index (χ3v) is 5.83. The summed E-state index contributed by atoms with van der Waals surface area (Å²) < 4.78 is 113. The minimum atomic E-state index is -4.17. The van der Waals surface area contributed by atoms with Gasteiger partial charge in [0.2, 0.25) is 0 Å². The number of hydrogen-bond acceptors (Lipinski definition) is 2. The Bertz CT molecular complexity index is 1260. The Labute approximate surface area is 197 Å². The molecule has 9 heteroatoms. The minimum absolute atomic E-state index is 0.0804. The maximum atomic E-state index is 15.2. The summed E-state index contributed by atoms with van der Waals surface area (Å²) in [4.78, 5) is 0. The van der Waals surface area contributed by atoms with Gasteiger partial charge in [-0.25, -0.2) is 22.0 Å². The standard InChI is InChI=1S/C26H21F7O2/c1-3-5-13-6-7-14(12-17(13)27)26(32,33)35-19-11-9-16-15-8-10-18(34-4-2)22(28)20(15)24(30)25(31)21(16)23(19)29/h6-12,24-25H,3-5H2,1-2H3. The SMILES string of the molecule is CCCc1ccc(C(F)(F)Oc2ccc3c(c2F)C(F)C(F)c2c-3ccc(OCC)c2F)cc1F. The summed E-state index contributed by atoms with van der Waals surface area (Å²) in [6, 6.07) is 7.03. The highest BCUT2D eigenvalue weighted by Crippen LogP contribution is 2.52. The van der Waals surface area contributed by atoms with Crippen molar-refractivity contribution >= 4 is 0 Å². The van der Waals surface area contributed by atoms with Crippen molar-refractivity contribution in [2.75, 3.05) is 6.61 Å². The molecular formula is C26H21F7O2. The summed E-state index contributed by atoms with van der Waals surface area (Å²) in [6.07, 6.45) is -8.53. The van der Waals surface area contributed by atoms with E-state index in [0.29, 0.717) is 18.9 Å². The monoisotopic (exact) mass is 498 g/mol. The largest absolute Gasteiger partial charge is 0.491 e. The zero-order valence-corrected chi connectivity index (χ0v) is 18.8. The average molecular weight is 498 g/mol.